The minimum Gasteiger partial charge on any atom is -0.366 e. The topological polar surface area (TPSA) is 97.0 Å². The van der Waals surface area contributed by atoms with Crippen LogP contribution in [0.5, 0.6) is 0 Å². The summed E-state index contributed by atoms with van der Waals surface area (Å²) in [6, 6.07) is 3.84. The van der Waals surface area contributed by atoms with Crippen molar-refractivity contribution < 1.29 is 4.79 Å². The lowest BCUT2D eigenvalue weighted by Crippen LogP contribution is -2.28. The first-order valence-corrected chi connectivity index (χ1v) is 8.98. The quantitative estimate of drug-likeness (QED) is 0.856. The molecule has 3 rings (SSSR count). The average Bonchev–Trinajstić information content (AvgIpc) is 2.63. The molecule has 1 saturated carbocycles. The highest BCUT2D eigenvalue weighted by atomic mass is 16.1. The predicted molar refractivity (Wildman–Crippen MR) is 102 cm³/mol. The fourth-order valence-electron chi connectivity index (χ4n) is 3.60. The van der Waals surface area contributed by atoms with Crippen LogP contribution in [-0.4, -0.2) is 41.0 Å². The Labute approximate surface area is 154 Å². The van der Waals surface area contributed by atoms with Gasteiger partial charge in [-0.3, -0.25) is 9.78 Å². The summed E-state index contributed by atoms with van der Waals surface area (Å²) in [5, 5.41) is 3.45. The first-order chi connectivity index (χ1) is 12.5. The summed E-state index contributed by atoms with van der Waals surface area (Å²) in [7, 11) is 3.96. The highest BCUT2D eigenvalue weighted by Crippen LogP contribution is 2.34. The highest BCUT2D eigenvalue weighted by Gasteiger charge is 2.26. The van der Waals surface area contributed by atoms with Gasteiger partial charge in [-0.15, -0.1) is 0 Å². The zero-order valence-corrected chi connectivity index (χ0v) is 15.6. The van der Waals surface area contributed by atoms with Gasteiger partial charge in [-0.1, -0.05) is 0 Å². The van der Waals surface area contributed by atoms with Crippen molar-refractivity contribution in [2.75, 3.05) is 24.3 Å². The molecule has 1 amide bonds. The standard InChI is InChI=1S/C19H26N6O/c1-12-11-22-19(24-18(12)25(2)3)23-14-8-6-13(7-9-14)16-15(17(20)26)5-4-10-21-16/h4-5,10-11,13-14H,6-9H2,1-3H3,(H2,20,26)(H,22,23,24). The van der Waals surface area contributed by atoms with E-state index in [-0.39, 0.29) is 5.92 Å². The average molecular weight is 354 g/mol. The normalized spacial score (nSPS) is 19.8. The molecule has 26 heavy (non-hydrogen) atoms. The van der Waals surface area contributed by atoms with Crippen LogP contribution in [0.25, 0.3) is 0 Å². The van der Waals surface area contributed by atoms with Gasteiger partial charge in [-0.2, -0.15) is 4.98 Å². The molecule has 1 fully saturated rings. The molecule has 0 aromatic carbocycles. The van der Waals surface area contributed by atoms with Gasteiger partial charge >= 0.3 is 0 Å². The molecule has 2 aromatic heterocycles. The molecule has 0 spiro atoms. The van der Waals surface area contributed by atoms with Crippen molar-refractivity contribution in [3.63, 3.8) is 0 Å². The number of nitrogens with two attached hydrogens (primary N) is 1. The van der Waals surface area contributed by atoms with E-state index >= 15 is 0 Å². The van der Waals surface area contributed by atoms with Gasteiger partial charge in [-0.25, -0.2) is 4.98 Å². The van der Waals surface area contributed by atoms with Crippen LogP contribution in [0, 0.1) is 6.92 Å². The number of hydrogen-bond acceptors (Lipinski definition) is 6. The second-order valence-electron chi connectivity index (χ2n) is 7.09. The summed E-state index contributed by atoms with van der Waals surface area (Å²) >= 11 is 0. The third-order valence-corrected chi connectivity index (χ3v) is 4.92. The van der Waals surface area contributed by atoms with Gasteiger partial charge in [0.15, 0.2) is 0 Å². The zero-order valence-electron chi connectivity index (χ0n) is 15.6. The van der Waals surface area contributed by atoms with Crippen LogP contribution in [0.4, 0.5) is 11.8 Å². The Hall–Kier alpha value is -2.70. The number of nitrogens with one attached hydrogen (secondary N) is 1. The molecule has 7 nitrogen and oxygen atoms in total. The Balaban J connectivity index is 1.65. The van der Waals surface area contributed by atoms with Gasteiger partial charge in [0.2, 0.25) is 5.95 Å². The lowest BCUT2D eigenvalue weighted by Gasteiger charge is -2.29. The van der Waals surface area contributed by atoms with E-state index in [1.165, 1.54) is 0 Å². The number of carbonyl (C=O) groups excluding carboxylic acids is 1. The molecular formula is C19H26N6O. The number of pyridine rings is 1. The number of nitrogens with zero attached hydrogens (tertiary/aromatic N) is 4. The maximum absolute atomic E-state index is 11.6. The SMILES string of the molecule is Cc1cnc(NC2CCC(c3ncccc3C(N)=O)CC2)nc1N(C)C. The molecule has 0 unspecified atom stereocenters. The Kier molecular flexibility index (Phi) is 5.35. The van der Waals surface area contributed by atoms with Gasteiger partial charge < -0.3 is 16.0 Å². The predicted octanol–water partition coefficient (Wildman–Crippen LogP) is 2.48. The molecule has 7 heteroatoms. The van der Waals surface area contributed by atoms with Crippen molar-refractivity contribution in [1.29, 1.82) is 0 Å². The third kappa shape index (κ3) is 3.92. The maximum Gasteiger partial charge on any atom is 0.250 e. The number of anilines is 2. The molecule has 1 aliphatic carbocycles. The molecule has 0 saturated heterocycles. The lowest BCUT2D eigenvalue weighted by atomic mass is 9.82. The summed E-state index contributed by atoms with van der Waals surface area (Å²) in [6.07, 6.45) is 7.46. The fraction of sp³-hybridized carbons (Fsp3) is 0.474. The highest BCUT2D eigenvalue weighted by molar-refractivity contribution is 5.94. The van der Waals surface area contributed by atoms with E-state index in [1.54, 1.807) is 18.3 Å². The van der Waals surface area contributed by atoms with Crippen LogP contribution in [0.15, 0.2) is 24.5 Å². The summed E-state index contributed by atoms with van der Waals surface area (Å²) in [6.45, 7) is 2.01. The number of aromatic nitrogens is 3. The molecule has 138 valence electrons. The Morgan fingerprint density at radius 2 is 1.96 bits per heavy atom. The molecule has 1 aliphatic rings. The maximum atomic E-state index is 11.6. The summed E-state index contributed by atoms with van der Waals surface area (Å²) in [5.41, 5.74) is 7.92. The molecule has 0 aliphatic heterocycles. The number of primary amides is 1. The van der Waals surface area contributed by atoms with Crippen molar-refractivity contribution in [2.45, 2.75) is 44.6 Å². The van der Waals surface area contributed by atoms with E-state index in [9.17, 15) is 4.79 Å². The molecule has 0 radical (unpaired) electrons. The van der Waals surface area contributed by atoms with E-state index in [1.807, 2.05) is 32.1 Å². The minimum atomic E-state index is -0.405. The molecular weight excluding hydrogens is 328 g/mol. The van der Waals surface area contributed by atoms with Crippen LogP contribution < -0.4 is 16.0 Å². The Morgan fingerprint density at radius 3 is 2.62 bits per heavy atom. The van der Waals surface area contributed by atoms with Crippen molar-refractivity contribution in [3.8, 4) is 0 Å². The number of carbonyl (C=O) groups is 1. The smallest absolute Gasteiger partial charge is 0.250 e. The van der Waals surface area contributed by atoms with E-state index in [4.69, 9.17) is 5.73 Å². The van der Waals surface area contributed by atoms with Crippen molar-refractivity contribution in [1.82, 2.24) is 15.0 Å². The first kappa shape index (κ1) is 18.1. The summed E-state index contributed by atoms with van der Waals surface area (Å²) in [5.74, 6) is 1.46. The van der Waals surface area contributed by atoms with E-state index in [0.717, 1.165) is 42.8 Å². The summed E-state index contributed by atoms with van der Waals surface area (Å²) < 4.78 is 0. The second-order valence-corrected chi connectivity index (χ2v) is 7.09. The number of aryl methyl sites for hydroxylation is 1. The first-order valence-electron chi connectivity index (χ1n) is 8.98. The van der Waals surface area contributed by atoms with Crippen molar-refractivity contribution in [2.24, 2.45) is 5.73 Å². The monoisotopic (exact) mass is 354 g/mol. The van der Waals surface area contributed by atoms with Crippen LogP contribution in [0.2, 0.25) is 0 Å². The lowest BCUT2D eigenvalue weighted by molar-refractivity contribution is 0.0998. The molecule has 0 bridgehead atoms. The zero-order chi connectivity index (χ0) is 18.7. The van der Waals surface area contributed by atoms with E-state index in [2.05, 4.69) is 20.3 Å². The molecule has 3 N–H and O–H groups in total. The van der Waals surface area contributed by atoms with Gasteiger partial charge in [0.25, 0.3) is 5.91 Å². The Morgan fingerprint density at radius 1 is 1.23 bits per heavy atom. The molecule has 2 heterocycles. The van der Waals surface area contributed by atoms with Crippen molar-refractivity contribution in [3.05, 3.63) is 41.3 Å². The largest absolute Gasteiger partial charge is 0.366 e. The number of amides is 1. The number of rotatable bonds is 5. The van der Waals surface area contributed by atoms with Crippen LogP contribution in [-0.2, 0) is 0 Å². The second kappa shape index (κ2) is 7.68. The van der Waals surface area contributed by atoms with Crippen LogP contribution in [0.1, 0.15) is 53.2 Å². The van der Waals surface area contributed by atoms with E-state index < -0.39 is 5.91 Å². The third-order valence-electron chi connectivity index (χ3n) is 4.92. The van der Waals surface area contributed by atoms with E-state index in [0.29, 0.717) is 17.6 Å². The van der Waals surface area contributed by atoms with Crippen LogP contribution >= 0.6 is 0 Å². The van der Waals surface area contributed by atoms with Crippen molar-refractivity contribution >= 4 is 17.7 Å². The minimum absolute atomic E-state index is 0.271. The fourth-order valence-corrected chi connectivity index (χ4v) is 3.60. The Bertz CT molecular complexity index is 783. The number of hydrogen-bond donors (Lipinski definition) is 2. The van der Waals surface area contributed by atoms with Gasteiger partial charge in [-0.05, 0) is 44.7 Å². The molecule has 2 aromatic rings. The van der Waals surface area contributed by atoms with Gasteiger partial charge in [0, 0.05) is 44.0 Å². The van der Waals surface area contributed by atoms with Crippen LogP contribution in [0.3, 0.4) is 0 Å². The molecule has 0 atom stereocenters. The van der Waals surface area contributed by atoms with Gasteiger partial charge in [0.1, 0.15) is 5.82 Å². The summed E-state index contributed by atoms with van der Waals surface area (Å²) in [4.78, 5) is 27.1. The van der Waals surface area contributed by atoms with Gasteiger partial charge in [0.05, 0.1) is 11.3 Å².